The van der Waals surface area contributed by atoms with Crippen LogP contribution in [0, 0.1) is 12.7 Å². The summed E-state index contributed by atoms with van der Waals surface area (Å²) in [5.74, 6) is -2.28. The second-order valence-corrected chi connectivity index (χ2v) is 5.09. The van der Waals surface area contributed by atoms with Gasteiger partial charge in [-0.2, -0.15) is 0 Å². The van der Waals surface area contributed by atoms with Crippen LogP contribution in [-0.4, -0.2) is 22.1 Å². The summed E-state index contributed by atoms with van der Waals surface area (Å²) in [5, 5.41) is 14.0. The first kappa shape index (κ1) is 13.9. The van der Waals surface area contributed by atoms with E-state index in [9.17, 15) is 14.0 Å². The van der Waals surface area contributed by atoms with Crippen LogP contribution in [0.1, 0.15) is 15.2 Å². The van der Waals surface area contributed by atoms with Crippen LogP contribution in [0.3, 0.4) is 0 Å². The lowest BCUT2D eigenvalue weighted by atomic mass is 10.2. The van der Waals surface area contributed by atoms with E-state index in [2.05, 4.69) is 15.6 Å². The number of nitrogens with zero attached hydrogens (tertiary/aromatic N) is 1. The van der Waals surface area contributed by atoms with Gasteiger partial charge in [0.1, 0.15) is 5.82 Å². The van der Waals surface area contributed by atoms with Gasteiger partial charge in [0.05, 0.1) is 5.56 Å². The number of aromatic carboxylic acids is 1. The maximum atomic E-state index is 13.4. The number of amides is 2. The van der Waals surface area contributed by atoms with Gasteiger partial charge in [-0.25, -0.2) is 19.0 Å². The van der Waals surface area contributed by atoms with Crippen molar-refractivity contribution in [1.29, 1.82) is 0 Å². The third-order valence-electron chi connectivity index (χ3n) is 2.30. The van der Waals surface area contributed by atoms with Crippen LogP contribution in [-0.2, 0) is 0 Å². The molecular weight excluding hydrogens is 285 g/mol. The number of hydrogen-bond donors (Lipinski definition) is 3. The smallest absolute Gasteiger partial charge is 0.338 e. The van der Waals surface area contributed by atoms with E-state index in [1.807, 2.05) is 6.92 Å². The second-order valence-electron chi connectivity index (χ2n) is 3.85. The molecule has 8 heteroatoms. The lowest BCUT2D eigenvalue weighted by Crippen LogP contribution is -2.19. The van der Waals surface area contributed by atoms with Gasteiger partial charge < -0.3 is 10.4 Å². The van der Waals surface area contributed by atoms with Gasteiger partial charge in [0.15, 0.2) is 5.13 Å². The largest absolute Gasteiger partial charge is 0.478 e. The summed E-state index contributed by atoms with van der Waals surface area (Å²) in [6.45, 7) is 1.85. The van der Waals surface area contributed by atoms with Gasteiger partial charge in [-0.15, -0.1) is 11.3 Å². The molecule has 0 unspecified atom stereocenters. The Morgan fingerprint density at radius 2 is 2.10 bits per heavy atom. The molecule has 0 radical (unpaired) electrons. The van der Waals surface area contributed by atoms with E-state index in [4.69, 9.17) is 5.11 Å². The fourth-order valence-electron chi connectivity index (χ4n) is 1.44. The molecule has 0 fully saturated rings. The summed E-state index contributed by atoms with van der Waals surface area (Å²) in [6, 6.07) is 2.75. The third kappa shape index (κ3) is 3.29. The van der Waals surface area contributed by atoms with Crippen molar-refractivity contribution in [2.45, 2.75) is 6.92 Å². The van der Waals surface area contributed by atoms with E-state index in [1.54, 1.807) is 6.20 Å². The Labute approximate surface area is 117 Å². The summed E-state index contributed by atoms with van der Waals surface area (Å²) in [4.78, 5) is 27.2. The average molecular weight is 295 g/mol. The molecule has 1 aromatic carbocycles. The maximum Gasteiger partial charge on any atom is 0.338 e. The fourth-order valence-corrected chi connectivity index (χ4v) is 2.10. The normalized spacial score (nSPS) is 10.1. The molecule has 6 nitrogen and oxygen atoms in total. The number of nitrogens with one attached hydrogen (secondary N) is 2. The fraction of sp³-hybridized carbons (Fsp3) is 0.0833. The number of carboxylic acid groups (broad SMARTS) is 1. The van der Waals surface area contributed by atoms with Crippen molar-refractivity contribution in [2.24, 2.45) is 0 Å². The van der Waals surface area contributed by atoms with Gasteiger partial charge in [-0.3, -0.25) is 5.32 Å². The lowest BCUT2D eigenvalue weighted by Gasteiger charge is -2.06. The number of aromatic nitrogens is 1. The van der Waals surface area contributed by atoms with Crippen LogP contribution in [0.4, 0.5) is 20.0 Å². The Bertz CT molecular complexity index is 672. The van der Waals surface area contributed by atoms with E-state index in [0.29, 0.717) is 5.13 Å². The summed E-state index contributed by atoms with van der Waals surface area (Å²) in [6.07, 6.45) is 1.61. The first-order valence-electron chi connectivity index (χ1n) is 5.49. The zero-order chi connectivity index (χ0) is 14.7. The van der Waals surface area contributed by atoms with E-state index in [0.717, 1.165) is 17.0 Å². The van der Waals surface area contributed by atoms with Crippen LogP contribution in [0.2, 0.25) is 0 Å². The predicted molar refractivity (Wildman–Crippen MR) is 72.9 cm³/mol. The number of thiazole rings is 1. The van der Waals surface area contributed by atoms with Crippen molar-refractivity contribution in [2.75, 3.05) is 10.6 Å². The number of anilines is 2. The molecule has 104 valence electrons. The van der Waals surface area contributed by atoms with Crippen LogP contribution in [0.15, 0.2) is 24.4 Å². The quantitative estimate of drug-likeness (QED) is 0.812. The van der Waals surface area contributed by atoms with Gasteiger partial charge in [-0.05, 0) is 25.1 Å². The van der Waals surface area contributed by atoms with Gasteiger partial charge in [-0.1, -0.05) is 0 Å². The average Bonchev–Trinajstić information content (AvgIpc) is 2.74. The van der Waals surface area contributed by atoms with Crippen LogP contribution < -0.4 is 10.6 Å². The van der Waals surface area contributed by atoms with Crippen molar-refractivity contribution in [3.05, 3.63) is 40.7 Å². The molecule has 2 aromatic rings. The SMILES string of the molecule is Cc1cnc(NC(=O)Nc2ccc(C(=O)O)c(F)c2)s1. The first-order chi connectivity index (χ1) is 9.45. The number of halogens is 1. The molecule has 20 heavy (non-hydrogen) atoms. The Hall–Kier alpha value is -2.48. The van der Waals surface area contributed by atoms with Crippen molar-refractivity contribution >= 4 is 34.2 Å². The third-order valence-corrected chi connectivity index (χ3v) is 3.13. The zero-order valence-electron chi connectivity index (χ0n) is 10.3. The molecule has 0 atom stereocenters. The van der Waals surface area contributed by atoms with Crippen LogP contribution in [0.5, 0.6) is 0 Å². The zero-order valence-corrected chi connectivity index (χ0v) is 11.1. The van der Waals surface area contributed by atoms with Gasteiger partial charge >= 0.3 is 12.0 Å². The minimum Gasteiger partial charge on any atom is -0.478 e. The molecule has 0 saturated carbocycles. The minimum atomic E-state index is -1.36. The Balaban J connectivity index is 2.04. The van der Waals surface area contributed by atoms with E-state index in [-0.39, 0.29) is 5.69 Å². The molecule has 2 amide bonds. The molecule has 0 aliphatic carbocycles. The minimum absolute atomic E-state index is 0.151. The van der Waals surface area contributed by atoms with Crippen molar-refractivity contribution in [1.82, 2.24) is 4.98 Å². The van der Waals surface area contributed by atoms with E-state index < -0.39 is 23.4 Å². The molecule has 0 bridgehead atoms. The highest BCUT2D eigenvalue weighted by Gasteiger charge is 2.12. The van der Waals surface area contributed by atoms with E-state index in [1.165, 1.54) is 17.4 Å². The van der Waals surface area contributed by atoms with Crippen LogP contribution >= 0.6 is 11.3 Å². The lowest BCUT2D eigenvalue weighted by molar-refractivity contribution is 0.0692. The molecule has 0 spiro atoms. The van der Waals surface area contributed by atoms with Crippen LogP contribution in [0.25, 0.3) is 0 Å². The summed E-state index contributed by atoms with van der Waals surface area (Å²) in [5.41, 5.74) is -0.301. The van der Waals surface area contributed by atoms with Crippen molar-refractivity contribution < 1.29 is 19.1 Å². The Kier molecular flexibility index (Phi) is 3.94. The van der Waals surface area contributed by atoms with Gasteiger partial charge in [0, 0.05) is 16.8 Å². The summed E-state index contributed by atoms with van der Waals surface area (Å²) < 4.78 is 13.4. The standard InChI is InChI=1S/C12H10FN3O3S/c1-6-5-14-12(20-6)16-11(19)15-7-2-3-8(10(17)18)9(13)4-7/h2-5H,1H3,(H,17,18)(H2,14,15,16,19). The summed E-state index contributed by atoms with van der Waals surface area (Å²) >= 11 is 1.30. The number of rotatable bonds is 3. The molecule has 0 aliphatic heterocycles. The number of urea groups is 1. The molecule has 0 saturated heterocycles. The topological polar surface area (TPSA) is 91.3 Å². The van der Waals surface area contributed by atoms with Gasteiger partial charge in [0.25, 0.3) is 0 Å². The molecule has 0 aliphatic rings. The highest BCUT2D eigenvalue weighted by molar-refractivity contribution is 7.15. The molecule has 1 heterocycles. The highest BCUT2D eigenvalue weighted by Crippen LogP contribution is 2.18. The van der Waals surface area contributed by atoms with Gasteiger partial charge in [0.2, 0.25) is 0 Å². The first-order valence-corrected chi connectivity index (χ1v) is 6.30. The maximum absolute atomic E-state index is 13.4. The molecule has 3 N–H and O–H groups in total. The number of hydrogen-bond acceptors (Lipinski definition) is 4. The number of carbonyl (C=O) groups is 2. The molecular formula is C12H10FN3O3S. The molecule has 1 aromatic heterocycles. The Morgan fingerprint density at radius 1 is 1.35 bits per heavy atom. The predicted octanol–water partition coefficient (Wildman–Crippen LogP) is 2.93. The number of carbonyl (C=O) groups excluding carboxylic acids is 1. The number of carboxylic acids is 1. The van der Waals surface area contributed by atoms with Crippen molar-refractivity contribution in [3.8, 4) is 0 Å². The Morgan fingerprint density at radius 3 is 2.65 bits per heavy atom. The van der Waals surface area contributed by atoms with E-state index >= 15 is 0 Å². The number of aryl methyl sites for hydroxylation is 1. The monoisotopic (exact) mass is 295 g/mol. The molecule has 2 rings (SSSR count). The second kappa shape index (κ2) is 5.66. The highest BCUT2D eigenvalue weighted by atomic mass is 32.1. The summed E-state index contributed by atoms with van der Waals surface area (Å²) in [7, 11) is 0. The van der Waals surface area contributed by atoms with Crippen molar-refractivity contribution in [3.63, 3.8) is 0 Å². The number of benzene rings is 1.